The summed E-state index contributed by atoms with van der Waals surface area (Å²) in [5, 5.41) is 10.9. The van der Waals surface area contributed by atoms with Gasteiger partial charge >= 0.3 is 51.4 Å². The third-order valence-corrected chi connectivity index (χ3v) is 3.51. The molecule has 1 spiro atoms. The monoisotopic (exact) mass is 315 g/mol. The van der Waals surface area contributed by atoms with Gasteiger partial charge in [0.15, 0.2) is 0 Å². The fraction of sp³-hybridized carbons (Fsp3) is 0.429. The maximum absolute atomic E-state index is 12.6. The maximum atomic E-state index is 12.6. The number of aliphatic carboxylic acids is 1. The van der Waals surface area contributed by atoms with Crippen LogP contribution in [0.1, 0.15) is 17.5 Å². The summed E-state index contributed by atoms with van der Waals surface area (Å²) < 4.78 is 11.2. The van der Waals surface area contributed by atoms with Crippen LogP contribution in [0.4, 0.5) is 5.69 Å². The molecule has 0 atom stereocenters. The summed E-state index contributed by atoms with van der Waals surface area (Å²) in [6.07, 6.45) is 0.705. The average Bonchev–Trinajstić information content (AvgIpc) is 2.63. The maximum Gasteiger partial charge on any atom is 1.00 e. The SMILES string of the molecule is Cc1ccc2c(c1)C1(OCCCO1)C(=O)N2CC(=O)[O-].[K+]. The van der Waals surface area contributed by atoms with Gasteiger partial charge in [0.25, 0.3) is 11.7 Å². The van der Waals surface area contributed by atoms with Crippen LogP contribution in [-0.2, 0) is 24.8 Å². The Labute approximate surface area is 164 Å². The van der Waals surface area contributed by atoms with E-state index in [4.69, 9.17) is 9.47 Å². The largest absolute Gasteiger partial charge is 1.00 e. The number of fused-ring (bicyclic) bond motifs is 2. The molecule has 2 heterocycles. The molecule has 0 aliphatic carbocycles. The first-order chi connectivity index (χ1) is 9.54. The molecule has 0 bridgehead atoms. The van der Waals surface area contributed by atoms with E-state index in [2.05, 4.69) is 0 Å². The van der Waals surface area contributed by atoms with Gasteiger partial charge in [-0.05, 0) is 25.5 Å². The molecule has 1 saturated heterocycles. The van der Waals surface area contributed by atoms with Crippen molar-refractivity contribution in [3.05, 3.63) is 29.3 Å². The van der Waals surface area contributed by atoms with Crippen molar-refractivity contribution in [2.24, 2.45) is 0 Å². The predicted molar refractivity (Wildman–Crippen MR) is 66.7 cm³/mol. The Balaban J connectivity index is 0.00000161. The minimum atomic E-state index is -1.49. The van der Waals surface area contributed by atoms with Gasteiger partial charge in [-0.25, -0.2) is 0 Å². The molecule has 106 valence electrons. The molecule has 3 rings (SSSR count). The summed E-state index contributed by atoms with van der Waals surface area (Å²) in [7, 11) is 0. The van der Waals surface area contributed by atoms with Crippen molar-refractivity contribution in [3.63, 3.8) is 0 Å². The van der Waals surface area contributed by atoms with E-state index < -0.39 is 24.2 Å². The average molecular weight is 315 g/mol. The van der Waals surface area contributed by atoms with Crippen molar-refractivity contribution in [1.82, 2.24) is 0 Å². The van der Waals surface area contributed by atoms with Crippen molar-refractivity contribution in [2.45, 2.75) is 19.1 Å². The molecule has 0 saturated carbocycles. The van der Waals surface area contributed by atoms with Crippen LogP contribution in [0.15, 0.2) is 18.2 Å². The van der Waals surface area contributed by atoms with E-state index in [0.29, 0.717) is 30.9 Å². The number of rotatable bonds is 2. The summed E-state index contributed by atoms with van der Waals surface area (Å²) in [5.41, 5.74) is 2.03. The first kappa shape index (κ1) is 17.1. The second-order valence-corrected chi connectivity index (χ2v) is 4.95. The number of hydrogen-bond donors (Lipinski definition) is 0. The number of carbonyl (C=O) groups excluding carboxylic acids is 2. The Morgan fingerprint density at radius 3 is 2.67 bits per heavy atom. The predicted octanol–water partition coefficient (Wildman–Crippen LogP) is -3.31. The Bertz CT molecular complexity index is 583. The van der Waals surface area contributed by atoms with E-state index in [9.17, 15) is 14.7 Å². The summed E-state index contributed by atoms with van der Waals surface area (Å²) in [5.74, 6) is -3.31. The number of carboxylic acid groups (broad SMARTS) is 1. The fourth-order valence-electron chi connectivity index (χ4n) is 2.65. The number of anilines is 1. The molecule has 1 amide bonds. The van der Waals surface area contributed by atoms with Crippen LogP contribution in [0.5, 0.6) is 0 Å². The molecule has 2 aliphatic heterocycles. The first-order valence-electron chi connectivity index (χ1n) is 6.45. The molecule has 21 heavy (non-hydrogen) atoms. The van der Waals surface area contributed by atoms with Gasteiger partial charge < -0.3 is 24.3 Å². The minimum Gasteiger partial charge on any atom is -0.548 e. The molecule has 2 aliphatic rings. The zero-order valence-corrected chi connectivity index (χ0v) is 15.2. The molecular weight excluding hydrogens is 301 g/mol. The number of carboxylic acids is 1. The minimum absolute atomic E-state index is 0. The van der Waals surface area contributed by atoms with Crippen LogP contribution in [0, 0.1) is 6.92 Å². The number of ether oxygens (including phenoxy) is 2. The molecule has 0 aromatic heterocycles. The molecule has 0 radical (unpaired) electrons. The Kier molecular flexibility index (Phi) is 5.25. The van der Waals surface area contributed by atoms with Crippen molar-refractivity contribution in [1.29, 1.82) is 0 Å². The van der Waals surface area contributed by atoms with E-state index in [1.807, 2.05) is 13.0 Å². The zero-order valence-electron chi connectivity index (χ0n) is 12.0. The number of hydrogen-bond acceptors (Lipinski definition) is 5. The fourth-order valence-corrected chi connectivity index (χ4v) is 2.65. The van der Waals surface area contributed by atoms with Gasteiger partial charge in [-0.1, -0.05) is 11.6 Å². The van der Waals surface area contributed by atoms with Crippen LogP contribution in [0.3, 0.4) is 0 Å². The molecule has 0 N–H and O–H groups in total. The molecule has 1 aromatic carbocycles. The topological polar surface area (TPSA) is 78.9 Å². The molecular formula is C14H14KNO5. The molecule has 0 unspecified atom stereocenters. The smallest absolute Gasteiger partial charge is 0.548 e. The number of aryl methyl sites for hydroxylation is 1. The summed E-state index contributed by atoms with van der Waals surface area (Å²) in [6, 6.07) is 5.33. The van der Waals surface area contributed by atoms with Gasteiger partial charge in [-0.2, -0.15) is 0 Å². The zero-order chi connectivity index (χ0) is 14.3. The van der Waals surface area contributed by atoms with Crippen molar-refractivity contribution < 1.29 is 75.6 Å². The number of carbonyl (C=O) groups is 2. The van der Waals surface area contributed by atoms with Gasteiger partial charge in [-0.3, -0.25) is 4.79 Å². The third-order valence-electron chi connectivity index (χ3n) is 3.51. The van der Waals surface area contributed by atoms with Gasteiger partial charge in [0.1, 0.15) is 0 Å². The summed E-state index contributed by atoms with van der Waals surface area (Å²) in [4.78, 5) is 24.6. The van der Waals surface area contributed by atoms with E-state index in [1.165, 1.54) is 0 Å². The van der Waals surface area contributed by atoms with Gasteiger partial charge in [0, 0.05) is 5.56 Å². The summed E-state index contributed by atoms with van der Waals surface area (Å²) in [6.45, 7) is 2.18. The van der Waals surface area contributed by atoms with Crippen LogP contribution in [0.25, 0.3) is 0 Å². The van der Waals surface area contributed by atoms with Gasteiger partial charge in [0.05, 0.1) is 31.4 Å². The standard InChI is InChI=1S/C14H15NO5.K/c1-9-3-4-11-10(7-9)14(19-5-2-6-20-14)13(18)15(11)8-12(16)17;/h3-4,7H,2,5-6,8H2,1H3,(H,16,17);/q;+1/p-1. The third kappa shape index (κ3) is 2.84. The Morgan fingerprint density at radius 2 is 2.05 bits per heavy atom. The van der Waals surface area contributed by atoms with Crippen LogP contribution in [-0.4, -0.2) is 31.6 Å². The molecule has 7 heteroatoms. The number of amides is 1. The normalized spacial score (nSPS) is 19.3. The molecule has 1 aromatic rings. The van der Waals surface area contributed by atoms with Crippen LogP contribution < -0.4 is 61.4 Å². The van der Waals surface area contributed by atoms with Gasteiger partial charge in [-0.15, -0.1) is 0 Å². The number of nitrogens with zero attached hydrogens (tertiary/aromatic N) is 1. The second kappa shape index (κ2) is 6.45. The van der Waals surface area contributed by atoms with E-state index in [-0.39, 0.29) is 51.4 Å². The number of benzene rings is 1. The van der Waals surface area contributed by atoms with Gasteiger partial charge in [0.2, 0.25) is 0 Å². The second-order valence-electron chi connectivity index (χ2n) is 4.95. The quantitative estimate of drug-likeness (QED) is 0.534. The van der Waals surface area contributed by atoms with Crippen molar-refractivity contribution in [2.75, 3.05) is 24.7 Å². The summed E-state index contributed by atoms with van der Waals surface area (Å²) >= 11 is 0. The van der Waals surface area contributed by atoms with Crippen LogP contribution >= 0.6 is 0 Å². The Morgan fingerprint density at radius 1 is 1.38 bits per heavy atom. The van der Waals surface area contributed by atoms with E-state index in [0.717, 1.165) is 10.5 Å². The first-order valence-corrected chi connectivity index (χ1v) is 6.45. The van der Waals surface area contributed by atoms with Crippen molar-refractivity contribution >= 4 is 17.6 Å². The van der Waals surface area contributed by atoms with Crippen LogP contribution in [0.2, 0.25) is 0 Å². The van der Waals surface area contributed by atoms with Crippen molar-refractivity contribution in [3.8, 4) is 0 Å². The molecule has 6 nitrogen and oxygen atoms in total. The Hall–Kier alpha value is -0.284. The molecule has 1 fully saturated rings. The van der Waals surface area contributed by atoms with E-state index in [1.54, 1.807) is 12.1 Å². The van der Waals surface area contributed by atoms with E-state index >= 15 is 0 Å².